The van der Waals surface area contributed by atoms with Gasteiger partial charge in [-0.05, 0) is 42.3 Å². The smallest absolute Gasteiger partial charge is 0.330 e. The molecule has 0 bridgehead atoms. The van der Waals surface area contributed by atoms with Crippen LogP contribution in [0.25, 0.3) is 22.3 Å². The lowest BCUT2D eigenvalue weighted by Crippen LogP contribution is -2.32. The Hall–Kier alpha value is -3.09. The molecule has 6 nitrogen and oxygen atoms in total. The number of aromatic nitrogens is 3. The van der Waals surface area contributed by atoms with Crippen molar-refractivity contribution >= 4 is 40.3 Å². The highest BCUT2D eigenvalue weighted by molar-refractivity contribution is 6.35. The summed E-state index contributed by atoms with van der Waals surface area (Å²) >= 11 is 12.2. The summed E-state index contributed by atoms with van der Waals surface area (Å²) in [7, 11) is 1.65. The normalized spacial score (nSPS) is 11.1. The standard InChI is InChI=1S/C23H20Cl2N4O2/c1-14-3-5-15(6-4-14)11-26-21(30)13-29-22-20(28(2)23(29)31)9-17(12-27-22)16-7-18(24)10-19(25)8-16/h3-10,12H,11,13H2,1-2H3,(H,26,30). The van der Waals surface area contributed by atoms with Crippen molar-refractivity contribution < 1.29 is 4.79 Å². The Balaban J connectivity index is 1.59. The molecule has 31 heavy (non-hydrogen) atoms. The lowest BCUT2D eigenvalue weighted by atomic mass is 10.1. The zero-order valence-electron chi connectivity index (χ0n) is 17.0. The molecule has 0 unspecified atom stereocenters. The predicted octanol–water partition coefficient (Wildman–Crippen LogP) is 4.33. The van der Waals surface area contributed by atoms with Crippen LogP contribution < -0.4 is 11.0 Å². The van der Waals surface area contributed by atoms with Gasteiger partial charge in [-0.1, -0.05) is 53.0 Å². The molecule has 4 rings (SSSR count). The second-order valence-corrected chi connectivity index (χ2v) is 8.29. The number of halogens is 2. The van der Waals surface area contributed by atoms with Gasteiger partial charge in [-0.3, -0.25) is 13.9 Å². The van der Waals surface area contributed by atoms with Crippen molar-refractivity contribution in [2.45, 2.75) is 20.0 Å². The van der Waals surface area contributed by atoms with Gasteiger partial charge in [-0.2, -0.15) is 0 Å². The molecule has 0 radical (unpaired) electrons. The molecule has 2 aromatic heterocycles. The van der Waals surface area contributed by atoms with Gasteiger partial charge in [0.2, 0.25) is 5.91 Å². The number of carbonyl (C=O) groups is 1. The molecule has 0 atom stereocenters. The minimum absolute atomic E-state index is 0.114. The summed E-state index contributed by atoms with van der Waals surface area (Å²) in [6.45, 7) is 2.29. The number of carbonyl (C=O) groups excluding carboxylic acids is 1. The highest BCUT2D eigenvalue weighted by atomic mass is 35.5. The van der Waals surface area contributed by atoms with E-state index in [1.165, 1.54) is 9.13 Å². The van der Waals surface area contributed by atoms with Crippen LogP contribution in [0.3, 0.4) is 0 Å². The molecular formula is C23H20Cl2N4O2. The topological polar surface area (TPSA) is 68.9 Å². The number of pyridine rings is 1. The second-order valence-electron chi connectivity index (χ2n) is 7.41. The van der Waals surface area contributed by atoms with Crippen molar-refractivity contribution in [3.63, 3.8) is 0 Å². The third-order valence-electron chi connectivity index (χ3n) is 5.09. The number of aryl methyl sites for hydroxylation is 2. The summed E-state index contributed by atoms with van der Waals surface area (Å²) in [6, 6.07) is 15.0. The zero-order valence-corrected chi connectivity index (χ0v) is 18.5. The van der Waals surface area contributed by atoms with Gasteiger partial charge in [-0.25, -0.2) is 9.78 Å². The van der Waals surface area contributed by atoms with E-state index in [4.69, 9.17) is 23.2 Å². The zero-order chi connectivity index (χ0) is 22.1. The lowest BCUT2D eigenvalue weighted by Gasteiger charge is -2.07. The Labute approximate surface area is 189 Å². The molecule has 158 valence electrons. The monoisotopic (exact) mass is 454 g/mol. The lowest BCUT2D eigenvalue weighted by molar-refractivity contribution is -0.121. The van der Waals surface area contributed by atoms with Gasteiger partial charge in [0.25, 0.3) is 0 Å². The van der Waals surface area contributed by atoms with Crippen molar-refractivity contribution in [2.75, 3.05) is 0 Å². The number of benzene rings is 2. The molecule has 0 fully saturated rings. The van der Waals surface area contributed by atoms with E-state index in [0.717, 1.165) is 22.3 Å². The van der Waals surface area contributed by atoms with Crippen LogP contribution in [-0.2, 0) is 24.9 Å². The highest BCUT2D eigenvalue weighted by Crippen LogP contribution is 2.28. The molecule has 0 saturated heterocycles. The second kappa shape index (κ2) is 8.57. The SMILES string of the molecule is Cc1ccc(CNC(=O)Cn2c(=O)n(C)c3cc(-c4cc(Cl)cc(Cl)c4)cnc32)cc1. The molecule has 0 spiro atoms. The third-order valence-corrected chi connectivity index (χ3v) is 5.53. The summed E-state index contributed by atoms with van der Waals surface area (Å²) in [5.74, 6) is -0.261. The number of imidazole rings is 1. The van der Waals surface area contributed by atoms with E-state index in [1.807, 2.05) is 37.3 Å². The largest absolute Gasteiger partial charge is 0.350 e. The van der Waals surface area contributed by atoms with Gasteiger partial charge in [0.05, 0.1) is 5.52 Å². The van der Waals surface area contributed by atoms with Crippen LogP contribution in [0.4, 0.5) is 0 Å². The van der Waals surface area contributed by atoms with E-state index in [9.17, 15) is 9.59 Å². The van der Waals surface area contributed by atoms with Crippen LogP contribution in [0.2, 0.25) is 10.0 Å². The van der Waals surface area contributed by atoms with E-state index in [2.05, 4.69) is 10.3 Å². The van der Waals surface area contributed by atoms with E-state index in [-0.39, 0.29) is 18.1 Å². The number of fused-ring (bicyclic) bond motifs is 1. The number of nitrogens with one attached hydrogen (secondary N) is 1. The molecule has 1 amide bonds. The van der Waals surface area contributed by atoms with Crippen molar-refractivity contribution in [2.24, 2.45) is 7.05 Å². The average Bonchev–Trinajstić information content (AvgIpc) is 2.97. The van der Waals surface area contributed by atoms with Gasteiger partial charge in [-0.15, -0.1) is 0 Å². The number of hydrogen-bond donors (Lipinski definition) is 1. The fraction of sp³-hybridized carbons (Fsp3) is 0.174. The number of hydrogen-bond acceptors (Lipinski definition) is 3. The van der Waals surface area contributed by atoms with Gasteiger partial charge >= 0.3 is 5.69 Å². The fourth-order valence-corrected chi connectivity index (χ4v) is 3.93. The first-order valence-corrected chi connectivity index (χ1v) is 10.4. The molecule has 0 aliphatic heterocycles. The summed E-state index contributed by atoms with van der Waals surface area (Å²) < 4.78 is 2.85. The summed E-state index contributed by atoms with van der Waals surface area (Å²) in [5.41, 5.74) is 4.46. The quantitative estimate of drug-likeness (QED) is 0.487. The minimum Gasteiger partial charge on any atom is -0.350 e. The van der Waals surface area contributed by atoms with Crippen molar-refractivity contribution in [1.29, 1.82) is 0 Å². The van der Waals surface area contributed by atoms with Crippen LogP contribution in [-0.4, -0.2) is 20.0 Å². The van der Waals surface area contributed by atoms with E-state index in [1.54, 1.807) is 31.4 Å². The number of amides is 1. The number of nitrogens with zero attached hydrogens (tertiary/aromatic N) is 3. The fourth-order valence-electron chi connectivity index (χ4n) is 3.40. The Kier molecular flexibility index (Phi) is 5.85. The first-order chi connectivity index (χ1) is 14.8. The molecule has 0 aliphatic rings. The molecule has 8 heteroatoms. The Morgan fingerprint density at radius 3 is 2.39 bits per heavy atom. The molecule has 1 N–H and O–H groups in total. The Bertz CT molecular complexity index is 1320. The maximum Gasteiger partial charge on any atom is 0.330 e. The van der Waals surface area contributed by atoms with Gasteiger partial charge in [0.1, 0.15) is 6.54 Å². The average molecular weight is 455 g/mol. The Morgan fingerprint density at radius 2 is 1.71 bits per heavy atom. The summed E-state index contributed by atoms with van der Waals surface area (Å²) in [4.78, 5) is 29.7. The first-order valence-electron chi connectivity index (χ1n) is 9.66. The highest BCUT2D eigenvalue weighted by Gasteiger charge is 2.16. The molecule has 4 aromatic rings. The molecule has 2 aromatic carbocycles. The Morgan fingerprint density at radius 1 is 1.03 bits per heavy atom. The molecular weight excluding hydrogens is 435 g/mol. The van der Waals surface area contributed by atoms with Crippen LogP contribution in [0, 0.1) is 6.92 Å². The van der Waals surface area contributed by atoms with Crippen molar-refractivity contribution in [3.05, 3.63) is 86.4 Å². The maximum absolute atomic E-state index is 12.8. The van der Waals surface area contributed by atoms with Gasteiger partial charge in [0.15, 0.2) is 5.65 Å². The van der Waals surface area contributed by atoms with Crippen molar-refractivity contribution in [1.82, 2.24) is 19.4 Å². The van der Waals surface area contributed by atoms with Crippen LogP contribution >= 0.6 is 23.2 Å². The van der Waals surface area contributed by atoms with Gasteiger partial charge in [0, 0.05) is 35.4 Å². The van der Waals surface area contributed by atoms with Crippen molar-refractivity contribution in [3.8, 4) is 11.1 Å². The summed E-state index contributed by atoms with van der Waals surface area (Å²) in [5, 5.41) is 3.88. The van der Waals surface area contributed by atoms with E-state index >= 15 is 0 Å². The first kappa shape index (κ1) is 21.2. The van der Waals surface area contributed by atoms with Gasteiger partial charge < -0.3 is 5.32 Å². The summed E-state index contributed by atoms with van der Waals surface area (Å²) in [6.07, 6.45) is 1.64. The molecule has 0 aliphatic carbocycles. The predicted molar refractivity (Wildman–Crippen MR) is 123 cm³/mol. The van der Waals surface area contributed by atoms with Crippen LogP contribution in [0.15, 0.2) is 59.5 Å². The maximum atomic E-state index is 12.8. The van der Waals surface area contributed by atoms with E-state index < -0.39 is 0 Å². The van der Waals surface area contributed by atoms with Crippen LogP contribution in [0.5, 0.6) is 0 Å². The molecule has 2 heterocycles. The third kappa shape index (κ3) is 4.50. The number of rotatable bonds is 5. The van der Waals surface area contributed by atoms with Crippen LogP contribution in [0.1, 0.15) is 11.1 Å². The van der Waals surface area contributed by atoms with E-state index in [0.29, 0.717) is 27.8 Å². The minimum atomic E-state index is -0.311. The molecule has 0 saturated carbocycles.